The van der Waals surface area contributed by atoms with E-state index in [0.29, 0.717) is 32.5 Å². The number of hydrogen-bond acceptors (Lipinski definition) is 5. The third-order valence-corrected chi connectivity index (χ3v) is 2.97. The Morgan fingerprint density at radius 1 is 1.17 bits per heavy atom. The van der Waals surface area contributed by atoms with Crippen LogP contribution in [0.3, 0.4) is 0 Å². The van der Waals surface area contributed by atoms with E-state index in [2.05, 4.69) is 11.1 Å². The monoisotopic (exact) mass is 271 g/mol. The molecule has 0 aromatic heterocycles. The minimum Gasteiger partial charge on any atom is -0.330 e. The number of unbranched alkanes of at least 4 members (excludes halogenated alkanes) is 1. The van der Waals surface area contributed by atoms with Gasteiger partial charge < -0.3 is 4.84 Å². The lowest BCUT2D eigenvalue weighted by molar-refractivity contribution is -0.197. The van der Waals surface area contributed by atoms with Crippen molar-refractivity contribution in [2.24, 2.45) is 0 Å². The fraction of sp³-hybridized carbons (Fsp3) is 0.545. The van der Waals surface area contributed by atoms with Gasteiger partial charge in [0.25, 0.3) is 11.8 Å². The predicted octanol–water partition coefficient (Wildman–Crippen LogP) is 1.06. The van der Waals surface area contributed by atoms with Crippen molar-refractivity contribution in [1.29, 1.82) is 0 Å². The van der Waals surface area contributed by atoms with Crippen molar-refractivity contribution in [3.8, 4) is 0 Å². The topological polar surface area (TPSA) is 80.8 Å². The smallest absolute Gasteiger partial charge is 0.330 e. The SMILES string of the molecule is C=PC(=O)CCCCC(=O)ON1C(=O)CCC1=O. The van der Waals surface area contributed by atoms with E-state index in [9.17, 15) is 19.2 Å². The Balaban J connectivity index is 2.21. The highest BCUT2D eigenvalue weighted by molar-refractivity contribution is 7.56. The summed E-state index contributed by atoms with van der Waals surface area (Å²) in [5.41, 5.74) is 0.0215. The summed E-state index contributed by atoms with van der Waals surface area (Å²) in [4.78, 5) is 49.2. The Morgan fingerprint density at radius 2 is 1.72 bits per heavy atom. The Bertz CT molecular complexity index is 377. The molecule has 1 fully saturated rings. The molecule has 0 radical (unpaired) electrons. The van der Waals surface area contributed by atoms with Crippen molar-refractivity contribution in [3.63, 3.8) is 0 Å². The van der Waals surface area contributed by atoms with Crippen LogP contribution in [0, 0.1) is 0 Å². The third kappa shape index (κ3) is 4.37. The molecule has 7 heteroatoms. The summed E-state index contributed by atoms with van der Waals surface area (Å²) in [5, 5.41) is 0.530. The molecule has 98 valence electrons. The summed E-state index contributed by atoms with van der Waals surface area (Å²) in [7, 11) is 0.470. The van der Waals surface area contributed by atoms with Gasteiger partial charge >= 0.3 is 5.97 Å². The fourth-order valence-corrected chi connectivity index (χ4v) is 1.75. The molecule has 0 aliphatic carbocycles. The van der Waals surface area contributed by atoms with E-state index in [0.717, 1.165) is 0 Å². The molecule has 0 aromatic carbocycles. The molecular weight excluding hydrogens is 257 g/mol. The van der Waals surface area contributed by atoms with Crippen molar-refractivity contribution in [2.45, 2.75) is 38.5 Å². The van der Waals surface area contributed by atoms with E-state index >= 15 is 0 Å². The molecule has 0 atom stereocenters. The summed E-state index contributed by atoms with van der Waals surface area (Å²) in [6.45, 7) is 0. The fourth-order valence-electron chi connectivity index (χ4n) is 1.43. The molecule has 6 nitrogen and oxygen atoms in total. The average Bonchev–Trinajstić information content (AvgIpc) is 2.66. The molecule has 1 aliphatic heterocycles. The summed E-state index contributed by atoms with van der Waals surface area (Å²) in [6, 6.07) is 0. The van der Waals surface area contributed by atoms with Crippen molar-refractivity contribution < 1.29 is 24.0 Å². The minimum atomic E-state index is -0.627. The lowest BCUT2D eigenvalue weighted by Crippen LogP contribution is -2.31. The molecule has 0 saturated carbocycles. The van der Waals surface area contributed by atoms with Crippen molar-refractivity contribution in [1.82, 2.24) is 5.06 Å². The van der Waals surface area contributed by atoms with Crippen LogP contribution in [0.15, 0.2) is 0 Å². The van der Waals surface area contributed by atoms with Gasteiger partial charge in [0.2, 0.25) is 0 Å². The van der Waals surface area contributed by atoms with Crippen LogP contribution in [0.5, 0.6) is 0 Å². The highest BCUT2D eigenvalue weighted by Gasteiger charge is 2.32. The van der Waals surface area contributed by atoms with Crippen molar-refractivity contribution >= 4 is 37.8 Å². The third-order valence-electron chi connectivity index (χ3n) is 2.40. The second kappa shape index (κ2) is 7.01. The summed E-state index contributed by atoms with van der Waals surface area (Å²) >= 11 is 0. The van der Waals surface area contributed by atoms with Gasteiger partial charge in [0, 0.05) is 25.7 Å². The highest BCUT2D eigenvalue weighted by atomic mass is 31.1. The van der Waals surface area contributed by atoms with Gasteiger partial charge in [-0.3, -0.25) is 14.4 Å². The van der Waals surface area contributed by atoms with Crippen molar-refractivity contribution in [2.75, 3.05) is 0 Å². The summed E-state index contributed by atoms with van der Waals surface area (Å²) in [5.74, 6) is -1.60. The van der Waals surface area contributed by atoms with Crippen LogP contribution in [0.4, 0.5) is 0 Å². The molecule has 0 spiro atoms. The van der Waals surface area contributed by atoms with E-state index in [4.69, 9.17) is 0 Å². The van der Waals surface area contributed by atoms with Crippen LogP contribution in [0.25, 0.3) is 0 Å². The number of amides is 2. The van der Waals surface area contributed by atoms with E-state index in [1.807, 2.05) is 0 Å². The predicted molar refractivity (Wildman–Crippen MR) is 64.7 cm³/mol. The molecule has 0 N–H and O–H groups in total. The number of nitrogens with zero attached hydrogens (tertiary/aromatic N) is 1. The maximum absolute atomic E-state index is 11.3. The number of rotatable bonds is 7. The van der Waals surface area contributed by atoms with E-state index < -0.39 is 17.8 Å². The molecule has 2 amide bonds. The normalized spacial score (nSPS) is 15.2. The maximum atomic E-state index is 11.3. The first-order valence-electron chi connectivity index (χ1n) is 5.60. The molecule has 1 aliphatic rings. The first-order valence-corrected chi connectivity index (χ1v) is 6.68. The van der Waals surface area contributed by atoms with Gasteiger partial charge in [-0.1, -0.05) is 6.30 Å². The van der Waals surface area contributed by atoms with Gasteiger partial charge in [-0.05, 0) is 21.0 Å². The second-order valence-electron chi connectivity index (χ2n) is 3.80. The van der Waals surface area contributed by atoms with Gasteiger partial charge in [0.05, 0.1) is 0 Å². The maximum Gasteiger partial charge on any atom is 0.333 e. The van der Waals surface area contributed by atoms with Gasteiger partial charge in [0.15, 0.2) is 5.52 Å². The van der Waals surface area contributed by atoms with Gasteiger partial charge in [-0.25, -0.2) is 4.79 Å². The zero-order valence-electron chi connectivity index (χ0n) is 9.89. The zero-order chi connectivity index (χ0) is 13.5. The molecule has 1 saturated heterocycles. The van der Waals surface area contributed by atoms with Crippen molar-refractivity contribution in [3.05, 3.63) is 0 Å². The number of carbonyl (C=O) groups is 4. The lowest BCUT2D eigenvalue weighted by atomic mass is 10.2. The van der Waals surface area contributed by atoms with Crippen LogP contribution in [-0.2, 0) is 24.0 Å². The second-order valence-corrected chi connectivity index (χ2v) is 4.62. The molecule has 0 unspecified atom stereocenters. The highest BCUT2D eigenvalue weighted by Crippen LogP contribution is 2.13. The lowest BCUT2D eigenvalue weighted by Gasteiger charge is -2.12. The van der Waals surface area contributed by atoms with Crippen LogP contribution >= 0.6 is 8.20 Å². The van der Waals surface area contributed by atoms with Crippen LogP contribution in [-0.4, -0.2) is 34.7 Å². The van der Waals surface area contributed by atoms with Crippen LogP contribution in [0.1, 0.15) is 38.5 Å². The average molecular weight is 271 g/mol. The van der Waals surface area contributed by atoms with E-state index in [1.54, 1.807) is 0 Å². The molecule has 0 bridgehead atoms. The molecule has 18 heavy (non-hydrogen) atoms. The Hall–Kier alpha value is -1.55. The first kappa shape index (κ1) is 14.5. The van der Waals surface area contributed by atoms with E-state index in [1.165, 1.54) is 0 Å². The Labute approximate surface area is 106 Å². The molecule has 1 rings (SSSR count). The number of carbonyl (C=O) groups excluding carboxylic acids is 4. The molecule has 1 heterocycles. The Morgan fingerprint density at radius 3 is 2.28 bits per heavy atom. The first-order chi connectivity index (χ1) is 8.54. The quantitative estimate of drug-likeness (QED) is 0.393. The zero-order valence-corrected chi connectivity index (χ0v) is 10.8. The molecular formula is C11H14NO5P. The molecule has 0 aromatic rings. The standard InChI is InChI=1S/C11H14NO5P/c1-18-11(16)5-3-2-4-10(15)17-12-8(13)6-7-9(12)14/h1-7H2. The Kier molecular flexibility index (Phi) is 5.65. The van der Waals surface area contributed by atoms with E-state index in [-0.39, 0.29) is 24.8 Å². The van der Waals surface area contributed by atoms with Gasteiger partial charge in [-0.15, -0.1) is 5.06 Å². The summed E-state index contributed by atoms with van der Waals surface area (Å²) in [6.07, 6.45) is 5.11. The number of hydroxylamine groups is 2. The van der Waals surface area contributed by atoms with Gasteiger partial charge in [-0.2, -0.15) is 0 Å². The van der Waals surface area contributed by atoms with Crippen LogP contribution < -0.4 is 0 Å². The summed E-state index contributed by atoms with van der Waals surface area (Å²) < 4.78 is 0. The largest absolute Gasteiger partial charge is 0.333 e. The minimum absolute atomic E-state index is 0.0215. The number of hydrogen-bond donors (Lipinski definition) is 0. The van der Waals surface area contributed by atoms with Crippen LogP contribution in [0.2, 0.25) is 0 Å². The number of imide groups is 1. The van der Waals surface area contributed by atoms with Gasteiger partial charge in [0.1, 0.15) is 0 Å².